The summed E-state index contributed by atoms with van der Waals surface area (Å²) in [6.07, 6.45) is 4.27. The number of likely N-dealkylation sites (N-methyl/N-ethyl adjacent to an activating group) is 1. The Labute approximate surface area is 201 Å². The number of halogens is 3. The molecule has 2 atom stereocenters. The number of ether oxygens (including phenoxy) is 1. The summed E-state index contributed by atoms with van der Waals surface area (Å²) in [5.41, 5.74) is 0.257. The lowest BCUT2D eigenvalue weighted by Gasteiger charge is -2.44. The van der Waals surface area contributed by atoms with Crippen LogP contribution in [0.4, 0.5) is 36.4 Å². The molecule has 2 fully saturated rings. The second-order valence-electron chi connectivity index (χ2n) is 9.11. The van der Waals surface area contributed by atoms with Crippen molar-refractivity contribution in [2.24, 2.45) is 5.92 Å². The molecule has 2 aromatic rings. The van der Waals surface area contributed by atoms with Crippen LogP contribution in [0.25, 0.3) is 0 Å². The molecule has 0 radical (unpaired) electrons. The molecule has 5 rings (SSSR count). The molecule has 0 unspecified atom stereocenters. The van der Waals surface area contributed by atoms with Gasteiger partial charge in [0, 0.05) is 25.2 Å². The topological polar surface area (TPSA) is 95.5 Å². The van der Waals surface area contributed by atoms with Gasteiger partial charge >= 0.3 is 12.0 Å². The molecule has 2 saturated heterocycles. The first-order valence-electron chi connectivity index (χ1n) is 12.0. The van der Waals surface area contributed by atoms with Crippen molar-refractivity contribution in [3.63, 3.8) is 0 Å². The van der Waals surface area contributed by atoms with Crippen LogP contribution in [-0.4, -0.2) is 64.1 Å². The van der Waals surface area contributed by atoms with Crippen LogP contribution in [0, 0.1) is 11.7 Å². The molecule has 35 heavy (non-hydrogen) atoms. The molecule has 0 saturated carbocycles. The van der Waals surface area contributed by atoms with Crippen molar-refractivity contribution in [3.05, 3.63) is 24.3 Å². The van der Waals surface area contributed by atoms with Crippen molar-refractivity contribution in [2.75, 3.05) is 41.7 Å². The Morgan fingerprint density at radius 1 is 1.17 bits per heavy atom. The highest BCUT2D eigenvalue weighted by atomic mass is 19.3. The molecule has 2 N–H and O–H groups in total. The third kappa shape index (κ3) is 4.71. The van der Waals surface area contributed by atoms with Crippen LogP contribution < -0.4 is 20.3 Å². The van der Waals surface area contributed by atoms with E-state index in [-0.39, 0.29) is 35.6 Å². The second kappa shape index (κ2) is 9.48. The van der Waals surface area contributed by atoms with Gasteiger partial charge in [0.2, 0.25) is 5.95 Å². The van der Waals surface area contributed by atoms with Crippen LogP contribution in [0.15, 0.2) is 18.5 Å². The minimum Gasteiger partial charge on any atom is -0.421 e. The minimum absolute atomic E-state index is 0.000550. The normalized spacial score (nSPS) is 23.8. The van der Waals surface area contributed by atoms with Gasteiger partial charge in [-0.2, -0.15) is 13.8 Å². The van der Waals surface area contributed by atoms with E-state index in [0.717, 1.165) is 37.0 Å². The molecule has 9 nitrogen and oxygen atoms in total. The van der Waals surface area contributed by atoms with Gasteiger partial charge in [-0.25, -0.2) is 14.4 Å². The van der Waals surface area contributed by atoms with Crippen molar-refractivity contribution in [1.29, 1.82) is 0 Å². The summed E-state index contributed by atoms with van der Waals surface area (Å²) >= 11 is 0. The van der Waals surface area contributed by atoms with Crippen molar-refractivity contribution in [1.82, 2.24) is 19.9 Å². The molecule has 2 aromatic heterocycles. The molecule has 1 amide bonds. The second-order valence-corrected chi connectivity index (χ2v) is 9.11. The molecule has 3 aliphatic rings. The van der Waals surface area contributed by atoms with Crippen molar-refractivity contribution < 1.29 is 22.7 Å². The SMILES string of the molecule is CCN1C(=O)C(F)(F)Oc2cc(Nc3ncc(F)c(NC[C@@H]4CCCN5CCCC[C@H]45)n3)cnc21. The van der Waals surface area contributed by atoms with Gasteiger partial charge in [0.05, 0.1) is 18.1 Å². The molecule has 0 spiro atoms. The number of pyridine rings is 1. The van der Waals surface area contributed by atoms with Crippen LogP contribution in [0.2, 0.25) is 0 Å². The predicted octanol–water partition coefficient (Wildman–Crippen LogP) is 3.77. The molecular weight excluding hydrogens is 463 g/mol. The first kappa shape index (κ1) is 23.6. The number of hydrogen-bond donors (Lipinski definition) is 2. The molecule has 5 heterocycles. The lowest BCUT2D eigenvalue weighted by atomic mass is 9.83. The van der Waals surface area contributed by atoms with E-state index in [2.05, 4.69) is 35.2 Å². The van der Waals surface area contributed by atoms with E-state index in [9.17, 15) is 18.0 Å². The Morgan fingerprint density at radius 2 is 2.00 bits per heavy atom. The molecule has 12 heteroatoms. The number of nitrogens with one attached hydrogen (secondary N) is 2. The lowest BCUT2D eigenvalue weighted by Crippen LogP contribution is -2.51. The number of carbonyl (C=O) groups is 1. The average Bonchev–Trinajstić information content (AvgIpc) is 2.85. The van der Waals surface area contributed by atoms with Crippen LogP contribution in [0.3, 0.4) is 0 Å². The van der Waals surface area contributed by atoms with Crippen LogP contribution >= 0.6 is 0 Å². The number of fused-ring (bicyclic) bond motifs is 2. The van der Waals surface area contributed by atoms with Gasteiger partial charge in [-0.1, -0.05) is 6.42 Å². The van der Waals surface area contributed by atoms with Crippen LogP contribution in [0.1, 0.15) is 39.0 Å². The van der Waals surface area contributed by atoms with E-state index in [0.29, 0.717) is 18.5 Å². The van der Waals surface area contributed by atoms with E-state index in [1.54, 1.807) is 6.92 Å². The summed E-state index contributed by atoms with van der Waals surface area (Å²) < 4.78 is 47.0. The Kier molecular flexibility index (Phi) is 6.39. The number of aromatic nitrogens is 3. The highest BCUT2D eigenvalue weighted by Gasteiger charge is 2.50. The molecule has 0 aromatic carbocycles. The van der Waals surface area contributed by atoms with E-state index in [1.165, 1.54) is 31.5 Å². The number of nitrogens with zero attached hydrogens (tertiary/aromatic N) is 5. The van der Waals surface area contributed by atoms with E-state index in [1.807, 2.05) is 0 Å². The summed E-state index contributed by atoms with van der Waals surface area (Å²) in [6.45, 7) is 4.45. The van der Waals surface area contributed by atoms with Crippen LogP contribution in [-0.2, 0) is 4.79 Å². The van der Waals surface area contributed by atoms with Gasteiger partial charge < -0.3 is 20.3 Å². The summed E-state index contributed by atoms with van der Waals surface area (Å²) in [7, 11) is 0. The Bertz CT molecular complexity index is 1100. The number of anilines is 4. The van der Waals surface area contributed by atoms with Crippen LogP contribution in [0.5, 0.6) is 5.75 Å². The number of alkyl halides is 2. The zero-order chi connectivity index (χ0) is 24.6. The fraction of sp³-hybridized carbons (Fsp3) is 0.565. The minimum atomic E-state index is -3.99. The van der Waals surface area contributed by atoms with Crippen molar-refractivity contribution >= 4 is 29.2 Å². The first-order valence-corrected chi connectivity index (χ1v) is 12.0. The molecular formula is C23H28F3N7O2. The number of amides is 1. The largest absolute Gasteiger partial charge is 0.483 e. The number of piperidine rings is 2. The Hall–Kier alpha value is -3.15. The summed E-state index contributed by atoms with van der Waals surface area (Å²) in [5, 5.41) is 5.99. The zero-order valence-electron chi connectivity index (χ0n) is 19.4. The van der Waals surface area contributed by atoms with E-state index < -0.39 is 17.8 Å². The zero-order valence-corrected chi connectivity index (χ0v) is 19.4. The number of carbonyl (C=O) groups excluding carboxylic acids is 1. The number of rotatable bonds is 6. The fourth-order valence-corrected chi connectivity index (χ4v) is 5.24. The quantitative estimate of drug-likeness (QED) is 0.631. The van der Waals surface area contributed by atoms with Crippen molar-refractivity contribution in [2.45, 2.75) is 51.2 Å². The highest BCUT2D eigenvalue weighted by Crippen LogP contribution is 2.39. The van der Waals surface area contributed by atoms with Gasteiger partial charge in [-0.15, -0.1) is 0 Å². The van der Waals surface area contributed by atoms with Crippen molar-refractivity contribution in [3.8, 4) is 5.75 Å². The van der Waals surface area contributed by atoms with Gasteiger partial charge in [0.25, 0.3) is 0 Å². The maximum absolute atomic E-state index is 14.4. The van der Waals surface area contributed by atoms with E-state index >= 15 is 0 Å². The summed E-state index contributed by atoms with van der Waals surface area (Å²) in [6, 6.07) is 1.80. The standard InChI is InChI=1S/C23H28F3N7O2/c1-2-33-20-18(35-23(25,26)21(33)34)10-15(12-28-20)30-22-29-13-16(24)19(31-22)27-11-14-6-5-9-32-8-4-3-7-17(14)32/h10,12-14,17H,2-9,11H2,1H3,(H2,27,29,30,31)/t14-,17+/m0/s1. The Morgan fingerprint density at radius 3 is 2.83 bits per heavy atom. The maximum Gasteiger partial charge on any atom is 0.483 e. The average molecular weight is 492 g/mol. The molecule has 0 bridgehead atoms. The predicted molar refractivity (Wildman–Crippen MR) is 124 cm³/mol. The van der Waals surface area contributed by atoms with Gasteiger partial charge in [-0.3, -0.25) is 9.69 Å². The first-order chi connectivity index (χ1) is 16.9. The third-order valence-electron chi connectivity index (χ3n) is 6.90. The maximum atomic E-state index is 14.4. The number of hydrogen-bond acceptors (Lipinski definition) is 8. The monoisotopic (exact) mass is 491 g/mol. The van der Waals surface area contributed by atoms with Gasteiger partial charge in [0.1, 0.15) is 0 Å². The lowest BCUT2D eigenvalue weighted by molar-refractivity contribution is -0.192. The van der Waals surface area contributed by atoms with Gasteiger partial charge in [-0.05, 0) is 51.6 Å². The fourth-order valence-electron chi connectivity index (χ4n) is 5.24. The molecule has 0 aliphatic carbocycles. The summed E-state index contributed by atoms with van der Waals surface area (Å²) in [5.74, 6) is -1.72. The van der Waals surface area contributed by atoms with E-state index in [4.69, 9.17) is 0 Å². The molecule has 188 valence electrons. The third-order valence-corrected chi connectivity index (χ3v) is 6.90. The molecule has 3 aliphatic heterocycles. The smallest absolute Gasteiger partial charge is 0.421 e. The Balaban J connectivity index is 1.29. The van der Waals surface area contributed by atoms with Gasteiger partial charge in [0.15, 0.2) is 23.2 Å². The highest BCUT2D eigenvalue weighted by molar-refractivity contribution is 6.00. The summed E-state index contributed by atoms with van der Waals surface area (Å²) in [4.78, 5) is 27.6.